The minimum atomic E-state index is -0.192. The standard InChI is InChI=1S/C19H20N6O3/c26-17(23-13-3-4-15-16(9-13)28-8-7-27-15)11-25-19-14(10-22-25)18(20-12-21-19)24-5-1-2-6-24/h3-4,9-10,12H,1-2,5-8,11H2,(H,23,26). The molecule has 3 aromatic rings. The minimum Gasteiger partial charge on any atom is -0.486 e. The normalized spacial score (nSPS) is 15.8. The van der Waals surface area contributed by atoms with Crippen molar-refractivity contribution in [3.8, 4) is 11.5 Å². The van der Waals surface area contributed by atoms with Crippen LogP contribution < -0.4 is 19.7 Å². The number of hydrogen-bond donors (Lipinski definition) is 1. The molecule has 9 nitrogen and oxygen atoms in total. The molecule has 2 aromatic heterocycles. The largest absolute Gasteiger partial charge is 0.486 e. The molecule has 1 aromatic carbocycles. The summed E-state index contributed by atoms with van der Waals surface area (Å²) in [6.45, 7) is 3.08. The molecular formula is C19H20N6O3. The van der Waals surface area contributed by atoms with E-state index in [1.54, 1.807) is 29.1 Å². The maximum atomic E-state index is 12.5. The van der Waals surface area contributed by atoms with Crippen LogP contribution in [-0.2, 0) is 11.3 Å². The van der Waals surface area contributed by atoms with Gasteiger partial charge in [-0.05, 0) is 25.0 Å². The zero-order chi connectivity index (χ0) is 18.9. The second-order valence-corrected chi connectivity index (χ2v) is 6.84. The van der Waals surface area contributed by atoms with E-state index in [1.807, 2.05) is 0 Å². The molecule has 1 amide bonds. The third-order valence-corrected chi connectivity index (χ3v) is 4.94. The SMILES string of the molecule is O=C(Cn1ncc2c(N3CCCC3)ncnc21)Nc1ccc2c(c1)OCCO2. The zero-order valence-corrected chi connectivity index (χ0v) is 15.3. The number of nitrogens with zero attached hydrogens (tertiary/aromatic N) is 5. The van der Waals surface area contributed by atoms with Crippen molar-refractivity contribution in [1.29, 1.82) is 0 Å². The number of amides is 1. The first-order valence-corrected chi connectivity index (χ1v) is 9.39. The maximum Gasteiger partial charge on any atom is 0.246 e. The predicted octanol–water partition coefficient (Wildman–Crippen LogP) is 1.84. The molecule has 1 saturated heterocycles. The second kappa shape index (κ2) is 6.99. The van der Waals surface area contributed by atoms with Crippen molar-refractivity contribution >= 4 is 28.4 Å². The monoisotopic (exact) mass is 380 g/mol. The van der Waals surface area contributed by atoms with Gasteiger partial charge in [0, 0.05) is 24.8 Å². The predicted molar refractivity (Wildman–Crippen MR) is 103 cm³/mol. The lowest BCUT2D eigenvalue weighted by Crippen LogP contribution is -2.21. The number of nitrogens with one attached hydrogen (secondary N) is 1. The van der Waals surface area contributed by atoms with Gasteiger partial charge in [0.05, 0.1) is 11.6 Å². The summed E-state index contributed by atoms with van der Waals surface area (Å²) < 4.78 is 12.7. The number of fused-ring (bicyclic) bond motifs is 2. The molecule has 0 saturated carbocycles. The second-order valence-electron chi connectivity index (χ2n) is 6.84. The van der Waals surface area contributed by atoms with Gasteiger partial charge in [0.1, 0.15) is 31.9 Å². The molecule has 0 atom stereocenters. The highest BCUT2D eigenvalue weighted by Gasteiger charge is 2.19. The van der Waals surface area contributed by atoms with Gasteiger partial charge in [-0.1, -0.05) is 0 Å². The van der Waals surface area contributed by atoms with Gasteiger partial charge in [0.15, 0.2) is 17.1 Å². The van der Waals surface area contributed by atoms with Crippen molar-refractivity contribution < 1.29 is 14.3 Å². The molecule has 0 aliphatic carbocycles. The quantitative estimate of drug-likeness (QED) is 0.738. The van der Waals surface area contributed by atoms with Crippen LogP contribution in [0.2, 0.25) is 0 Å². The van der Waals surface area contributed by atoms with Crippen molar-refractivity contribution in [2.45, 2.75) is 19.4 Å². The van der Waals surface area contributed by atoms with Gasteiger partial charge in [0.2, 0.25) is 5.91 Å². The number of hydrogen-bond acceptors (Lipinski definition) is 7. The summed E-state index contributed by atoms with van der Waals surface area (Å²) in [4.78, 5) is 23.5. The van der Waals surface area contributed by atoms with Crippen LogP contribution in [0.15, 0.2) is 30.7 Å². The molecule has 0 radical (unpaired) electrons. The third kappa shape index (κ3) is 3.08. The maximum absolute atomic E-state index is 12.5. The Kier molecular flexibility index (Phi) is 4.19. The van der Waals surface area contributed by atoms with Gasteiger partial charge < -0.3 is 19.7 Å². The molecule has 2 aliphatic rings. The molecule has 0 unspecified atom stereocenters. The van der Waals surface area contributed by atoms with Crippen molar-refractivity contribution in [1.82, 2.24) is 19.7 Å². The van der Waals surface area contributed by atoms with Gasteiger partial charge >= 0.3 is 0 Å². The molecule has 9 heteroatoms. The Morgan fingerprint density at radius 1 is 1.11 bits per heavy atom. The lowest BCUT2D eigenvalue weighted by atomic mass is 10.2. The fraction of sp³-hybridized carbons (Fsp3) is 0.368. The first kappa shape index (κ1) is 16.8. The molecule has 4 heterocycles. The molecule has 5 rings (SSSR count). The van der Waals surface area contributed by atoms with Crippen LogP contribution in [0.25, 0.3) is 11.0 Å². The number of rotatable bonds is 4. The van der Waals surface area contributed by atoms with E-state index in [0.29, 0.717) is 36.0 Å². The number of ether oxygens (including phenoxy) is 2. The molecule has 1 N–H and O–H groups in total. The van der Waals surface area contributed by atoms with E-state index in [0.717, 1.165) is 37.1 Å². The van der Waals surface area contributed by atoms with Crippen LogP contribution in [0.3, 0.4) is 0 Å². The summed E-state index contributed by atoms with van der Waals surface area (Å²) in [5.41, 5.74) is 1.31. The number of anilines is 2. The highest BCUT2D eigenvalue weighted by Crippen LogP contribution is 2.32. The van der Waals surface area contributed by atoms with Gasteiger partial charge in [-0.25, -0.2) is 14.6 Å². The van der Waals surface area contributed by atoms with Gasteiger partial charge in [-0.15, -0.1) is 0 Å². The Morgan fingerprint density at radius 2 is 1.93 bits per heavy atom. The minimum absolute atomic E-state index is 0.0639. The van der Waals surface area contributed by atoms with E-state index in [9.17, 15) is 4.79 Å². The lowest BCUT2D eigenvalue weighted by Gasteiger charge is -2.19. The Labute approximate surface area is 161 Å². The lowest BCUT2D eigenvalue weighted by molar-refractivity contribution is -0.116. The topological polar surface area (TPSA) is 94.4 Å². The zero-order valence-electron chi connectivity index (χ0n) is 15.3. The summed E-state index contributed by atoms with van der Waals surface area (Å²) in [6.07, 6.45) is 5.60. The number of benzene rings is 1. The third-order valence-electron chi connectivity index (χ3n) is 4.94. The van der Waals surface area contributed by atoms with Crippen molar-refractivity contribution in [2.75, 3.05) is 36.5 Å². The molecule has 144 valence electrons. The van der Waals surface area contributed by atoms with Crippen LogP contribution in [0.4, 0.5) is 11.5 Å². The fourth-order valence-corrected chi connectivity index (χ4v) is 3.63. The van der Waals surface area contributed by atoms with E-state index in [-0.39, 0.29) is 12.5 Å². The first-order valence-electron chi connectivity index (χ1n) is 9.39. The molecule has 1 fully saturated rings. The fourth-order valence-electron chi connectivity index (χ4n) is 3.63. The van der Waals surface area contributed by atoms with Crippen molar-refractivity contribution in [2.24, 2.45) is 0 Å². The van der Waals surface area contributed by atoms with Crippen LogP contribution in [-0.4, -0.2) is 52.0 Å². The van der Waals surface area contributed by atoms with Crippen LogP contribution >= 0.6 is 0 Å². The van der Waals surface area contributed by atoms with E-state index < -0.39 is 0 Å². The van der Waals surface area contributed by atoms with Crippen molar-refractivity contribution in [3.63, 3.8) is 0 Å². The van der Waals surface area contributed by atoms with Crippen LogP contribution in [0.1, 0.15) is 12.8 Å². The molecule has 2 aliphatic heterocycles. The van der Waals surface area contributed by atoms with Gasteiger partial charge in [0.25, 0.3) is 0 Å². The number of carbonyl (C=O) groups is 1. The summed E-state index contributed by atoms with van der Waals surface area (Å²) >= 11 is 0. The van der Waals surface area contributed by atoms with E-state index in [1.165, 1.54) is 6.33 Å². The summed E-state index contributed by atoms with van der Waals surface area (Å²) in [5, 5.41) is 8.11. The highest BCUT2D eigenvalue weighted by molar-refractivity contribution is 5.93. The summed E-state index contributed by atoms with van der Waals surface area (Å²) in [7, 11) is 0. The van der Waals surface area contributed by atoms with E-state index in [2.05, 4.69) is 25.3 Å². The van der Waals surface area contributed by atoms with E-state index >= 15 is 0 Å². The Morgan fingerprint density at radius 3 is 2.79 bits per heavy atom. The van der Waals surface area contributed by atoms with Crippen LogP contribution in [0.5, 0.6) is 11.5 Å². The Hall–Kier alpha value is -3.36. The summed E-state index contributed by atoms with van der Waals surface area (Å²) in [5.74, 6) is 2.02. The highest BCUT2D eigenvalue weighted by atomic mass is 16.6. The van der Waals surface area contributed by atoms with E-state index in [4.69, 9.17) is 9.47 Å². The number of aromatic nitrogens is 4. The van der Waals surface area contributed by atoms with Gasteiger partial charge in [-0.2, -0.15) is 5.10 Å². The molecular weight excluding hydrogens is 360 g/mol. The Bertz CT molecular complexity index is 1030. The van der Waals surface area contributed by atoms with Gasteiger partial charge in [-0.3, -0.25) is 4.79 Å². The Balaban J connectivity index is 1.34. The van der Waals surface area contributed by atoms with Crippen LogP contribution in [0, 0.1) is 0 Å². The molecule has 0 bridgehead atoms. The molecule has 0 spiro atoms. The average molecular weight is 380 g/mol. The first-order chi connectivity index (χ1) is 13.8. The summed E-state index contributed by atoms with van der Waals surface area (Å²) in [6, 6.07) is 5.35. The average Bonchev–Trinajstić information content (AvgIpc) is 3.38. The number of carbonyl (C=O) groups excluding carboxylic acids is 1. The molecule has 28 heavy (non-hydrogen) atoms. The smallest absolute Gasteiger partial charge is 0.246 e. The van der Waals surface area contributed by atoms with Crippen molar-refractivity contribution in [3.05, 3.63) is 30.7 Å².